The van der Waals surface area contributed by atoms with E-state index in [1.165, 1.54) is 0 Å². The van der Waals surface area contributed by atoms with E-state index in [1.54, 1.807) is 4.52 Å². The Balaban J connectivity index is 2.06. The largest absolute Gasteiger partial charge is 0.293 e. The van der Waals surface area contributed by atoms with Gasteiger partial charge in [0.25, 0.3) is 5.56 Å². The summed E-state index contributed by atoms with van der Waals surface area (Å²) in [6.07, 6.45) is 2.78. The maximum atomic E-state index is 12.6. The zero-order valence-electron chi connectivity index (χ0n) is 11.6. The normalized spacial score (nSPS) is 13.8. The number of aryl methyl sites for hydroxylation is 2. The van der Waals surface area contributed by atoms with Crippen LogP contribution in [-0.2, 0) is 12.8 Å². The van der Waals surface area contributed by atoms with Crippen LogP contribution in [0.2, 0.25) is 0 Å². The molecule has 0 aliphatic heterocycles. The third-order valence-electron chi connectivity index (χ3n) is 4.11. The number of nitrogens with one attached hydrogen (secondary N) is 1. The van der Waals surface area contributed by atoms with E-state index in [4.69, 9.17) is 4.98 Å². The molecule has 0 radical (unpaired) electrons. The van der Waals surface area contributed by atoms with Gasteiger partial charge in [0.2, 0.25) is 0 Å². The lowest BCUT2D eigenvalue weighted by atomic mass is 10.1. The summed E-state index contributed by atoms with van der Waals surface area (Å²) in [5, 5.41) is 3.17. The Morgan fingerprint density at radius 1 is 1.24 bits per heavy atom. The Kier molecular flexibility index (Phi) is 2.79. The first-order chi connectivity index (χ1) is 10.1. The molecule has 0 unspecified atom stereocenters. The number of aromatic amines is 1. The van der Waals surface area contributed by atoms with Gasteiger partial charge in [-0.3, -0.25) is 9.89 Å². The maximum absolute atomic E-state index is 12.6. The van der Waals surface area contributed by atoms with Crippen molar-refractivity contribution in [3.8, 4) is 11.1 Å². The summed E-state index contributed by atoms with van der Waals surface area (Å²) >= 11 is 3.45. The number of H-pyrrole nitrogens is 1. The van der Waals surface area contributed by atoms with E-state index in [1.807, 2.05) is 31.2 Å². The van der Waals surface area contributed by atoms with Crippen LogP contribution in [0.25, 0.3) is 16.8 Å². The van der Waals surface area contributed by atoms with Crippen molar-refractivity contribution >= 4 is 21.6 Å². The molecule has 2 heterocycles. The summed E-state index contributed by atoms with van der Waals surface area (Å²) in [5.74, 6) is 0. The summed E-state index contributed by atoms with van der Waals surface area (Å²) in [6.45, 7) is 1.98. The van der Waals surface area contributed by atoms with Gasteiger partial charge in [-0.15, -0.1) is 0 Å². The van der Waals surface area contributed by atoms with Crippen molar-refractivity contribution in [1.82, 2.24) is 14.6 Å². The molecule has 1 aliphatic carbocycles. The van der Waals surface area contributed by atoms with E-state index in [9.17, 15) is 4.79 Å². The fraction of sp³-hybridized carbons (Fsp3) is 0.250. The molecule has 0 fully saturated rings. The van der Waals surface area contributed by atoms with Gasteiger partial charge in [0.1, 0.15) is 0 Å². The van der Waals surface area contributed by atoms with E-state index >= 15 is 0 Å². The van der Waals surface area contributed by atoms with E-state index in [2.05, 4.69) is 21.0 Å². The third-order valence-corrected chi connectivity index (χ3v) is 4.64. The predicted molar refractivity (Wildman–Crippen MR) is 85.7 cm³/mol. The fourth-order valence-corrected chi connectivity index (χ4v) is 3.38. The van der Waals surface area contributed by atoms with Crippen molar-refractivity contribution in [2.45, 2.75) is 26.2 Å². The van der Waals surface area contributed by atoms with Crippen LogP contribution < -0.4 is 5.56 Å². The highest BCUT2D eigenvalue weighted by atomic mass is 79.9. The molecule has 0 spiro atoms. The van der Waals surface area contributed by atoms with Gasteiger partial charge in [-0.1, -0.05) is 28.1 Å². The Morgan fingerprint density at radius 3 is 2.76 bits per heavy atom. The van der Waals surface area contributed by atoms with Crippen LogP contribution in [0.15, 0.2) is 33.5 Å². The van der Waals surface area contributed by atoms with Gasteiger partial charge < -0.3 is 0 Å². The Hall–Kier alpha value is -1.88. The second kappa shape index (κ2) is 4.56. The molecule has 0 bridgehead atoms. The highest BCUT2D eigenvalue weighted by molar-refractivity contribution is 9.10. The first kappa shape index (κ1) is 12.8. The first-order valence-electron chi connectivity index (χ1n) is 7.04. The molecule has 3 aromatic rings. The second-order valence-electron chi connectivity index (χ2n) is 5.47. The van der Waals surface area contributed by atoms with Gasteiger partial charge >= 0.3 is 0 Å². The van der Waals surface area contributed by atoms with Gasteiger partial charge in [-0.05, 0) is 43.9 Å². The number of hydrogen-bond acceptors (Lipinski definition) is 2. The van der Waals surface area contributed by atoms with Crippen LogP contribution >= 0.6 is 15.9 Å². The molecule has 1 aromatic carbocycles. The standard InChI is InChI=1S/C16H14BrN3O/c1-9-14(10-5-7-11(17)8-6-10)15-18-13-4-2-3-12(13)16(21)20(15)19-9/h5-8,19H,2-4H2,1H3. The quantitative estimate of drug-likeness (QED) is 0.737. The van der Waals surface area contributed by atoms with E-state index in [-0.39, 0.29) is 5.56 Å². The molecule has 0 saturated heterocycles. The fourth-order valence-electron chi connectivity index (χ4n) is 3.12. The van der Waals surface area contributed by atoms with Crippen LogP contribution in [0.4, 0.5) is 0 Å². The van der Waals surface area contributed by atoms with Crippen molar-refractivity contribution in [2.24, 2.45) is 0 Å². The summed E-state index contributed by atoms with van der Waals surface area (Å²) in [5.41, 5.74) is 5.67. The Labute approximate surface area is 129 Å². The summed E-state index contributed by atoms with van der Waals surface area (Å²) in [7, 11) is 0. The molecule has 2 aromatic heterocycles. The minimum Gasteiger partial charge on any atom is -0.293 e. The molecule has 1 N–H and O–H groups in total. The van der Waals surface area contributed by atoms with Gasteiger partial charge in [0, 0.05) is 21.3 Å². The zero-order chi connectivity index (χ0) is 14.6. The van der Waals surface area contributed by atoms with E-state index in [0.717, 1.165) is 57.5 Å². The molecule has 0 amide bonds. The van der Waals surface area contributed by atoms with Crippen LogP contribution in [0.1, 0.15) is 23.4 Å². The van der Waals surface area contributed by atoms with E-state index in [0.29, 0.717) is 0 Å². The lowest BCUT2D eigenvalue weighted by Crippen LogP contribution is -2.20. The molecule has 0 saturated carbocycles. The minimum absolute atomic E-state index is 0.0546. The number of rotatable bonds is 1. The topological polar surface area (TPSA) is 50.2 Å². The maximum Gasteiger partial charge on any atom is 0.276 e. The molecule has 21 heavy (non-hydrogen) atoms. The molecular formula is C16H14BrN3O. The predicted octanol–water partition coefficient (Wildman–Crippen LogP) is 3.25. The molecule has 1 aliphatic rings. The monoisotopic (exact) mass is 343 g/mol. The number of halogens is 1. The first-order valence-corrected chi connectivity index (χ1v) is 7.83. The number of hydrogen-bond donors (Lipinski definition) is 1. The summed E-state index contributed by atoms with van der Waals surface area (Å²) in [6, 6.07) is 8.09. The number of aromatic nitrogens is 3. The SMILES string of the molecule is Cc1[nH]n2c(=O)c3c(nc2c1-c1ccc(Br)cc1)CCC3. The van der Waals surface area contributed by atoms with Crippen LogP contribution in [-0.4, -0.2) is 14.6 Å². The summed E-state index contributed by atoms with van der Waals surface area (Å²) in [4.78, 5) is 17.3. The van der Waals surface area contributed by atoms with Crippen molar-refractivity contribution in [3.05, 3.63) is 56.0 Å². The highest BCUT2D eigenvalue weighted by Gasteiger charge is 2.21. The Bertz CT molecular complexity index is 906. The van der Waals surface area contributed by atoms with Gasteiger partial charge in [0.05, 0.1) is 5.69 Å². The lowest BCUT2D eigenvalue weighted by molar-refractivity contribution is 0.856. The van der Waals surface area contributed by atoms with Crippen molar-refractivity contribution in [3.63, 3.8) is 0 Å². The molecular weight excluding hydrogens is 330 g/mol. The minimum atomic E-state index is 0.0546. The molecule has 0 atom stereocenters. The molecule has 4 nitrogen and oxygen atoms in total. The number of fused-ring (bicyclic) bond motifs is 2. The molecule has 4 rings (SSSR count). The van der Waals surface area contributed by atoms with Crippen molar-refractivity contribution in [1.29, 1.82) is 0 Å². The molecule has 5 heteroatoms. The smallest absolute Gasteiger partial charge is 0.276 e. The average Bonchev–Trinajstić information content (AvgIpc) is 3.05. The summed E-state index contributed by atoms with van der Waals surface area (Å²) < 4.78 is 2.63. The van der Waals surface area contributed by atoms with Crippen LogP contribution in [0.3, 0.4) is 0 Å². The van der Waals surface area contributed by atoms with E-state index < -0.39 is 0 Å². The third kappa shape index (κ3) is 1.87. The van der Waals surface area contributed by atoms with Gasteiger partial charge in [-0.2, -0.15) is 0 Å². The van der Waals surface area contributed by atoms with Crippen LogP contribution in [0.5, 0.6) is 0 Å². The molecule has 106 valence electrons. The zero-order valence-corrected chi connectivity index (χ0v) is 13.2. The van der Waals surface area contributed by atoms with Crippen molar-refractivity contribution < 1.29 is 0 Å². The highest BCUT2D eigenvalue weighted by Crippen LogP contribution is 2.29. The van der Waals surface area contributed by atoms with Gasteiger partial charge in [0.15, 0.2) is 5.65 Å². The van der Waals surface area contributed by atoms with Crippen molar-refractivity contribution in [2.75, 3.05) is 0 Å². The number of nitrogens with zero attached hydrogens (tertiary/aromatic N) is 2. The second-order valence-corrected chi connectivity index (χ2v) is 6.39. The number of benzene rings is 1. The lowest BCUT2D eigenvalue weighted by Gasteiger charge is -2.03. The van der Waals surface area contributed by atoms with Crippen LogP contribution in [0, 0.1) is 6.92 Å². The Morgan fingerprint density at radius 2 is 2.00 bits per heavy atom. The van der Waals surface area contributed by atoms with Gasteiger partial charge in [-0.25, -0.2) is 9.50 Å². The average molecular weight is 344 g/mol.